The Bertz CT molecular complexity index is 4700. The van der Waals surface area contributed by atoms with E-state index < -0.39 is 192 Å². The van der Waals surface area contributed by atoms with Crippen molar-refractivity contribution < 1.29 is 157 Å². The number of aliphatic hydroxyl groups is 14. The monoisotopic (exact) mass is 1950 g/mol. The molecular formula is C106H160O32. The summed E-state index contributed by atoms with van der Waals surface area (Å²) in [5, 5.41) is 147. The molecule has 0 bridgehead atoms. The number of hydrogen-bond donors (Lipinski definition) is 14. The highest BCUT2D eigenvalue weighted by Gasteiger charge is 2.75. The third-order valence-electron chi connectivity index (χ3n) is 36.3. The molecule has 776 valence electrons. The second kappa shape index (κ2) is 41.5. The summed E-state index contributed by atoms with van der Waals surface area (Å²) in [6, 6.07) is 0. The highest BCUT2D eigenvalue weighted by atomic mass is 16.7. The van der Waals surface area contributed by atoms with Gasteiger partial charge in [0.05, 0.1) is 70.2 Å². The lowest BCUT2D eigenvalue weighted by Gasteiger charge is -2.53. The maximum atomic E-state index is 13.9. The predicted molar refractivity (Wildman–Crippen MR) is 499 cm³/mol. The lowest BCUT2D eigenvalue weighted by atomic mass is 9.53. The summed E-state index contributed by atoms with van der Waals surface area (Å²) in [5.74, 6) is -1.38. The summed E-state index contributed by atoms with van der Waals surface area (Å²) < 4.78 is 70.3. The molecule has 11 aliphatic carbocycles. The molecule has 17 aliphatic rings. The van der Waals surface area contributed by atoms with E-state index in [-0.39, 0.29) is 108 Å². The van der Waals surface area contributed by atoms with Gasteiger partial charge >= 0.3 is 17.9 Å². The minimum Gasteiger partial charge on any atom is -0.465 e. The molecular weight excluding hydrogens is 1790 g/mol. The fourth-order valence-electron chi connectivity index (χ4n) is 27.3. The van der Waals surface area contributed by atoms with Crippen LogP contribution in [0.15, 0.2) is 80.0 Å². The SMILES string of the molecule is CC(=O)OC1C=C2C3=C(C(C)C)CC[C@]3(C)CC[C@@]2(C)[C@@H](O[C@@H]2OC[C@@H](O)[C@H](O)[C@H]2O)C=C1C=O.CC(=O)OCC1C[C@H](O[C@@H]2OC[C@@H](O)[C@H](O)[C@H]2O)[C@]2(C)CC[C@@]3(C)CCC(C(C)C)=C3C2CC1O.CC(=O)O[C@@H]1C=C2C3=C(C(C)C)CC[C@]3(C)CC[C@@]2(C)[C@@H](O[C@@H]2OC[C@@H](O)[C@H](O)[C@H]2O)C=C1CO.CC(C)C(=O)CC[C@]1(C)CC[C@]2(C)[C@H](CC[C@H]3[C@@H]4[C@H]2O[C@@H]2OC[C@@H](O)[C@H](O[C@@H]3O)C24O)C1=O. The number of aldehydes is 1. The van der Waals surface area contributed by atoms with Crippen molar-refractivity contribution in [2.24, 2.45) is 96.6 Å². The first-order valence-electron chi connectivity index (χ1n) is 50.9. The lowest BCUT2D eigenvalue weighted by molar-refractivity contribution is -0.354. The minimum absolute atomic E-state index is 0.00114. The van der Waals surface area contributed by atoms with Crippen LogP contribution >= 0.6 is 0 Å². The molecule has 37 atom stereocenters. The zero-order valence-electron chi connectivity index (χ0n) is 84.4. The van der Waals surface area contributed by atoms with Gasteiger partial charge in [-0.3, -0.25) is 28.8 Å². The van der Waals surface area contributed by atoms with Gasteiger partial charge in [-0.05, 0) is 214 Å². The number of hydrogen-bond acceptors (Lipinski definition) is 32. The molecule has 0 amide bonds. The predicted octanol–water partition coefficient (Wildman–Crippen LogP) is 8.40. The summed E-state index contributed by atoms with van der Waals surface area (Å²) in [4.78, 5) is 73.9. The molecule has 6 heterocycles. The van der Waals surface area contributed by atoms with Crippen molar-refractivity contribution in [3.05, 3.63) is 80.0 Å². The Morgan fingerprint density at radius 3 is 1.47 bits per heavy atom. The van der Waals surface area contributed by atoms with E-state index in [4.69, 9.17) is 56.8 Å². The van der Waals surface area contributed by atoms with Crippen LogP contribution in [0.5, 0.6) is 0 Å². The zero-order chi connectivity index (χ0) is 101. The van der Waals surface area contributed by atoms with Gasteiger partial charge in [0.15, 0.2) is 31.5 Å². The van der Waals surface area contributed by atoms with E-state index >= 15 is 0 Å². The maximum Gasteiger partial charge on any atom is 0.303 e. The molecule has 12 fully saturated rings. The van der Waals surface area contributed by atoms with Crippen LogP contribution in [0.1, 0.15) is 260 Å². The van der Waals surface area contributed by atoms with E-state index in [1.807, 2.05) is 32.9 Å². The molecule has 0 aromatic carbocycles. The van der Waals surface area contributed by atoms with Gasteiger partial charge in [-0.25, -0.2) is 0 Å². The lowest BCUT2D eigenvalue weighted by Crippen LogP contribution is -2.70. The second-order valence-corrected chi connectivity index (χ2v) is 46.8. The summed E-state index contributed by atoms with van der Waals surface area (Å²) in [6.07, 6.45) is -0.150. The first-order chi connectivity index (χ1) is 64.6. The molecule has 17 rings (SSSR count). The van der Waals surface area contributed by atoms with Crippen LogP contribution in [0.4, 0.5) is 0 Å². The highest BCUT2D eigenvalue weighted by molar-refractivity contribution is 5.89. The number of aliphatic hydroxyl groups excluding tert-OH is 13. The average molecular weight is 1950 g/mol. The van der Waals surface area contributed by atoms with Crippen molar-refractivity contribution in [3.8, 4) is 0 Å². The van der Waals surface area contributed by atoms with Gasteiger partial charge in [0.1, 0.15) is 103 Å². The number of allylic oxidation sites excluding steroid dienone is 6. The van der Waals surface area contributed by atoms with Crippen molar-refractivity contribution in [3.63, 3.8) is 0 Å². The van der Waals surface area contributed by atoms with Crippen molar-refractivity contribution in [2.45, 2.75) is 407 Å². The van der Waals surface area contributed by atoms with Crippen molar-refractivity contribution >= 4 is 35.8 Å². The molecule has 5 unspecified atom stereocenters. The topological polar surface area (TPSA) is 496 Å². The fraction of sp³-hybridized carbons (Fsp3) is 0.811. The van der Waals surface area contributed by atoms with Gasteiger partial charge in [0.2, 0.25) is 0 Å². The van der Waals surface area contributed by atoms with E-state index in [9.17, 15) is 100 Å². The molecule has 138 heavy (non-hydrogen) atoms. The van der Waals surface area contributed by atoms with E-state index in [0.717, 1.165) is 94.6 Å². The molecule has 6 saturated heterocycles. The number of carbonyl (C=O) groups excluding carboxylic acids is 6. The molecule has 32 nitrogen and oxygen atoms in total. The molecule has 6 saturated carbocycles. The van der Waals surface area contributed by atoms with Crippen molar-refractivity contribution in [2.75, 3.05) is 39.6 Å². The van der Waals surface area contributed by atoms with Crippen LogP contribution in [0.25, 0.3) is 0 Å². The third kappa shape index (κ3) is 20.1. The van der Waals surface area contributed by atoms with Crippen molar-refractivity contribution in [1.82, 2.24) is 0 Å². The van der Waals surface area contributed by atoms with Crippen LogP contribution in [0.2, 0.25) is 0 Å². The van der Waals surface area contributed by atoms with E-state index in [0.29, 0.717) is 74.6 Å². The largest absolute Gasteiger partial charge is 0.465 e. The Hall–Kier alpha value is -5.32. The minimum atomic E-state index is -1.57. The quantitative estimate of drug-likeness (QED) is 0.0250. The van der Waals surface area contributed by atoms with Crippen LogP contribution in [0, 0.1) is 96.6 Å². The van der Waals surface area contributed by atoms with Crippen LogP contribution < -0.4 is 0 Å². The Morgan fingerprint density at radius 1 is 0.493 bits per heavy atom. The molecule has 6 aliphatic heterocycles. The number of fused-ring (bicyclic) bond motifs is 11. The first kappa shape index (κ1) is 108. The number of Topliss-reactive ketones (excluding diaryl/α,β-unsaturated/α-hetero) is 2. The number of carbonyl (C=O) groups is 6. The van der Waals surface area contributed by atoms with E-state index in [2.05, 4.69) is 90.0 Å². The van der Waals surface area contributed by atoms with Crippen LogP contribution in [0.3, 0.4) is 0 Å². The highest BCUT2D eigenvalue weighted by Crippen LogP contribution is 2.69. The Balaban J connectivity index is 0.000000147. The van der Waals surface area contributed by atoms with Gasteiger partial charge in [-0.1, -0.05) is 133 Å². The Morgan fingerprint density at radius 2 is 0.971 bits per heavy atom. The van der Waals surface area contributed by atoms with Crippen LogP contribution in [-0.2, 0) is 85.6 Å². The van der Waals surface area contributed by atoms with E-state index in [1.165, 1.54) is 54.2 Å². The number of esters is 3. The summed E-state index contributed by atoms with van der Waals surface area (Å²) >= 11 is 0. The van der Waals surface area contributed by atoms with Gasteiger partial charge in [0.25, 0.3) is 0 Å². The summed E-state index contributed by atoms with van der Waals surface area (Å²) in [6.45, 7) is 37.7. The Labute approximate surface area is 812 Å². The molecule has 32 heteroatoms. The van der Waals surface area contributed by atoms with Gasteiger partial charge < -0.3 is 128 Å². The smallest absolute Gasteiger partial charge is 0.303 e. The summed E-state index contributed by atoms with van der Waals surface area (Å²) in [5.41, 5.74) is 6.95. The molecule has 0 spiro atoms. The molecule has 14 N–H and O–H groups in total. The first-order valence-corrected chi connectivity index (χ1v) is 50.9. The van der Waals surface area contributed by atoms with E-state index in [1.54, 1.807) is 12.2 Å². The molecule has 0 radical (unpaired) electrons. The zero-order valence-corrected chi connectivity index (χ0v) is 84.4. The third-order valence-corrected chi connectivity index (χ3v) is 36.3. The number of ether oxygens (including phenoxy) is 12. The Kier molecular flexibility index (Phi) is 32.6. The molecule has 0 aromatic heterocycles. The normalized spacial score (nSPS) is 45.6. The molecule has 0 aromatic rings. The summed E-state index contributed by atoms with van der Waals surface area (Å²) in [7, 11) is 0. The number of rotatable bonds is 19. The maximum absolute atomic E-state index is 13.9. The van der Waals surface area contributed by atoms with Gasteiger partial charge in [-0.15, -0.1) is 0 Å². The number of ketones is 2. The second-order valence-electron chi connectivity index (χ2n) is 46.8. The van der Waals surface area contributed by atoms with Crippen LogP contribution in [-0.4, -0.2) is 294 Å². The van der Waals surface area contributed by atoms with Gasteiger partial charge in [0, 0.05) is 89.4 Å². The van der Waals surface area contributed by atoms with Gasteiger partial charge in [-0.2, -0.15) is 0 Å². The fourth-order valence-corrected chi connectivity index (χ4v) is 27.3. The van der Waals surface area contributed by atoms with Crippen molar-refractivity contribution in [1.29, 1.82) is 0 Å². The average Bonchev–Trinajstić information content (AvgIpc) is 1.52. The standard InChI is InChI=1S/C27H40O8.C27H38O8.C27H44O8.C25H38O8/c2*1-14(2)17-6-7-26(4)8-9-27(5)18(22(17)26)11-20(34-15(3)29)16(12-28)10-21(27)35-25-24(32)23(31)19(30)13-33-25;1-14(2)17-6-7-26(4)8-9-27(5)18(22(17)26)11-19(29)16(12-33-15(3)28)10-21(27)35-25-24(32)23(31)20(30)13-34-25;1-12(2)15(26)7-8-23(3)9-10-24(4)14(18(23)28)6-5-13-17-20(24)33-22-25(17,30)19(32-21(13)29)16(27)11-31-22/h10-11,14,19-21,23-25,28,30-32H,6-9,12-13H2,1-5H3;10-12,14,19-21,23-25,30-32H,6-9,13H2,1-5H3;14,16,18-21,23-25,29-32H,6-13H2,1-5H3;12-14,16-17,19-22,27,29-30H,5-11H2,1-4H3/t19-,20-,21+,23+,24-,25+,26-,27-;19-,20?,21+,23+,24-,25+,26-,27-;16?,18?,19?,20-,21+,23+,24-,25+,26-,27-;13-,14+,16+,17+,19-,20+,21-,22-,23+,24+,25?/m1110/s1.